The number of non-ortho nitro benzene ring substituents is 1. The van der Waals surface area contributed by atoms with E-state index in [0.717, 1.165) is 0 Å². The third-order valence-electron chi connectivity index (χ3n) is 3.05. The van der Waals surface area contributed by atoms with Gasteiger partial charge >= 0.3 is 0 Å². The lowest BCUT2D eigenvalue weighted by Crippen LogP contribution is -2.14. The number of nitrogens with two attached hydrogens (primary N) is 1. The van der Waals surface area contributed by atoms with Crippen LogP contribution in [0.25, 0.3) is 0 Å². The molecule has 0 fully saturated rings. The molecule has 2 N–H and O–H groups in total. The summed E-state index contributed by atoms with van der Waals surface area (Å²) in [4.78, 5) is 10.3. The Morgan fingerprint density at radius 3 is 2.57 bits per heavy atom. The van der Waals surface area contributed by atoms with Gasteiger partial charge in [0.15, 0.2) is 0 Å². The maximum absolute atomic E-state index is 11.5. The van der Waals surface area contributed by atoms with E-state index in [2.05, 4.69) is 5.10 Å². The van der Waals surface area contributed by atoms with Gasteiger partial charge in [-0.05, 0) is 19.4 Å². The summed E-state index contributed by atoms with van der Waals surface area (Å²) >= 11 is 0. The maximum Gasteiger partial charge on any atom is 0.269 e. The first-order chi connectivity index (χ1) is 9.70. The maximum atomic E-state index is 11.5. The molecule has 0 aliphatic carbocycles. The molecular formula is C12H14N4O4S. The normalized spacial score (nSPS) is 11.6. The highest BCUT2D eigenvalue weighted by Gasteiger charge is 2.21. The lowest BCUT2D eigenvalue weighted by atomic mass is 10.2. The zero-order valence-corrected chi connectivity index (χ0v) is 12.3. The minimum absolute atomic E-state index is 0.00655. The van der Waals surface area contributed by atoms with Crippen molar-refractivity contribution in [2.45, 2.75) is 25.3 Å². The number of aryl methyl sites for hydroxylation is 1. The highest BCUT2D eigenvalue weighted by atomic mass is 32.2. The van der Waals surface area contributed by atoms with Gasteiger partial charge in [0.25, 0.3) is 5.69 Å². The molecule has 0 saturated carbocycles. The number of hydrogen-bond donors (Lipinski definition) is 1. The quantitative estimate of drug-likeness (QED) is 0.669. The minimum Gasteiger partial charge on any atom is -0.264 e. The van der Waals surface area contributed by atoms with Crippen LogP contribution in [0.3, 0.4) is 0 Å². The van der Waals surface area contributed by atoms with Gasteiger partial charge in [-0.25, -0.2) is 13.6 Å². The van der Waals surface area contributed by atoms with Crippen LogP contribution in [0.15, 0.2) is 29.2 Å². The topological polar surface area (TPSA) is 121 Å². The fraction of sp³-hybridized carbons (Fsp3) is 0.250. The standard InChI is InChI=1S/C12H14N4O4S/c1-8-12(21(13,19)20)9(2)15(14-8)7-10-4-3-5-11(6-10)16(17)18/h3-6H,7H2,1-2H3,(H2,13,19,20). The highest BCUT2D eigenvalue weighted by Crippen LogP contribution is 2.20. The van der Waals surface area contributed by atoms with Crippen LogP contribution >= 0.6 is 0 Å². The Hall–Kier alpha value is -2.26. The molecule has 21 heavy (non-hydrogen) atoms. The van der Waals surface area contributed by atoms with Crippen molar-refractivity contribution in [3.8, 4) is 0 Å². The van der Waals surface area contributed by atoms with E-state index >= 15 is 0 Å². The Balaban J connectivity index is 2.42. The van der Waals surface area contributed by atoms with Gasteiger partial charge in [-0.2, -0.15) is 5.10 Å². The predicted octanol–water partition coefficient (Wildman–Crippen LogP) is 1.10. The van der Waals surface area contributed by atoms with Crippen LogP contribution in [-0.2, 0) is 16.6 Å². The van der Waals surface area contributed by atoms with Crippen molar-refractivity contribution in [2.75, 3.05) is 0 Å². The van der Waals surface area contributed by atoms with Gasteiger partial charge in [-0.3, -0.25) is 14.8 Å². The van der Waals surface area contributed by atoms with E-state index in [1.165, 1.54) is 16.8 Å². The molecule has 0 aliphatic rings. The number of nitrogens with zero attached hydrogens (tertiary/aromatic N) is 3. The molecule has 1 heterocycles. The van der Waals surface area contributed by atoms with E-state index in [9.17, 15) is 18.5 Å². The number of benzene rings is 1. The van der Waals surface area contributed by atoms with Gasteiger partial charge < -0.3 is 0 Å². The van der Waals surface area contributed by atoms with E-state index < -0.39 is 14.9 Å². The molecule has 0 bridgehead atoms. The van der Waals surface area contributed by atoms with Crippen molar-refractivity contribution >= 4 is 15.7 Å². The highest BCUT2D eigenvalue weighted by molar-refractivity contribution is 7.89. The van der Waals surface area contributed by atoms with Crippen LogP contribution in [-0.4, -0.2) is 23.1 Å². The molecule has 0 saturated heterocycles. The smallest absolute Gasteiger partial charge is 0.264 e. The second kappa shape index (κ2) is 5.26. The van der Waals surface area contributed by atoms with Gasteiger partial charge in [-0.15, -0.1) is 0 Å². The fourth-order valence-electron chi connectivity index (χ4n) is 2.19. The van der Waals surface area contributed by atoms with E-state index in [-0.39, 0.29) is 17.1 Å². The van der Waals surface area contributed by atoms with Gasteiger partial charge in [0.2, 0.25) is 10.0 Å². The largest absolute Gasteiger partial charge is 0.269 e. The van der Waals surface area contributed by atoms with E-state index in [0.29, 0.717) is 17.0 Å². The average Bonchev–Trinajstić information content (AvgIpc) is 2.64. The number of sulfonamides is 1. The summed E-state index contributed by atoms with van der Waals surface area (Å²) in [7, 11) is -3.85. The monoisotopic (exact) mass is 310 g/mol. The van der Waals surface area contributed by atoms with Crippen molar-refractivity contribution in [3.05, 3.63) is 51.3 Å². The predicted molar refractivity (Wildman–Crippen MR) is 75.3 cm³/mol. The Kier molecular flexibility index (Phi) is 3.79. The summed E-state index contributed by atoms with van der Waals surface area (Å²) in [5, 5.41) is 20.0. The van der Waals surface area contributed by atoms with Gasteiger partial charge in [-0.1, -0.05) is 12.1 Å². The molecule has 0 radical (unpaired) electrons. The molecule has 0 unspecified atom stereocenters. The summed E-state index contributed by atoms with van der Waals surface area (Å²) in [6.07, 6.45) is 0. The van der Waals surface area contributed by atoms with Crippen molar-refractivity contribution in [1.82, 2.24) is 9.78 Å². The summed E-state index contributed by atoms with van der Waals surface area (Å²) in [5.74, 6) is 0. The lowest BCUT2D eigenvalue weighted by molar-refractivity contribution is -0.384. The van der Waals surface area contributed by atoms with Crippen molar-refractivity contribution < 1.29 is 13.3 Å². The SMILES string of the molecule is Cc1nn(Cc2cccc([N+](=O)[O-])c2)c(C)c1S(N)(=O)=O. The first-order valence-corrected chi connectivity index (χ1v) is 7.55. The number of nitro benzene ring substituents is 1. The number of aromatic nitrogens is 2. The average molecular weight is 310 g/mol. The fourth-order valence-corrected chi connectivity index (χ4v) is 3.16. The first kappa shape index (κ1) is 15.1. The van der Waals surface area contributed by atoms with E-state index in [4.69, 9.17) is 5.14 Å². The van der Waals surface area contributed by atoms with Crippen LogP contribution in [0.4, 0.5) is 5.69 Å². The van der Waals surface area contributed by atoms with Crippen LogP contribution in [0, 0.1) is 24.0 Å². The number of rotatable bonds is 4. The van der Waals surface area contributed by atoms with Crippen LogP contribution in [0.2, 0.25) is 0 Å². The third-order valence-corrected chi connectivity index (χ3v) is 4.21. The molecule has 2 aromatic rings. The van der Waals surface area contributed by atoms with Crippen molar-refractivity contribution in [3.63, 3.8) is 0 Å². The van der Waals surface area contributed by atoms with Crippen LogP contribution in [0.5, 0.6) is 0 Å². The summed E-state index contributed by atoms with van der Waals surface area (Å²) in [6.45, 7) is 3.37. The Bertz CT molecular complexity index is 811. The molecule has 0 spiro atoms. The summed E-state index contributed by atoms with van der Waals surface area (Å²) < 4.78 is 24.5. The lowest BCUT2D eigenvalue weighted by Gasteiger charge is -2.05. The Morgan fingerprint density at radius 2 is 2.05 bits per heavy atom. The van der Waals surface area contributed by atoms with Gasteiger partial charge in [0.05, 0.1) is 22.9 Å². The van der Waals surface area contributed by atoms with E-state index in [1.807, 2.05) is 0 Å². The van der Waals surface area contributed by atoms with Gasteiger partial charge in [0.1, 0.15) is 4.90 Å². The van der Waals surface area contributed by atoms with E-state index in [1.54, 1.807) is 26.0 Å². The molecule has 0 amide bonds. The zero-order chi connectivity index (χ0) is 15.8. The van der Waals surface area contributed by atoms with Gasteiger partial charge in [0, 0.05) is 12.1 Å². The Morgan fingerprint density at radius 1 is 1.38 bits per heavy atom. The second-order valence-corrected chi connectivity index (χ2v) is 6.13. The number of primary sulfonamides is 1. The summed E-state index contributed by atoms with van der Waals surface area (Å²) in [5.41, 5.74) is 1.33. The molecule has 0 atom stereocenters. The second-order valence-electron chi connectivity index (χ2n) is 4.63. The van der Waals surface area contributed by atoms with Crippen molar-refractivity contribution in [2.24, 2.45) is 5.14 Å². The molecule has 112 valence electrons. The molecular weight excluding hydrogens is 296 g/mol. The van der Waals surface area contributed by atoms with Crippen LogP contribution in [0.1, 0.15) is 17.0 Å². The number of nitro groups is 1. The Labute approximate surface area is 121 Å². The molecule has 1 aromatic carbocycles. The van der Waals surface area contributed by atoms with Crippen molar-refractivity contribution in [1.29, 1.82) is 0 Å². The number of hydrogen-bond acceptors (Lipinski definition) is 5. The molecule has 0 aliphatic heterocycles. The summed E-state index contributed by atoms with van der Waals surface area (Å²) in [6, 6.07) is 6.09. The first-order valence-electron chi connectivity index (χ1n) is 6.00. The zero-order valence-electron chi connectivity index (χ0n) is 11.5. The van der Waals surface area contributed by atoms with Crippen LogP contribution < -0.4 is 5.14 Å². The molecule has 2 rings (SSSR count). The molecule has 1 aromatic heterocycles. The molecule has 9 heteroatoms. The third kappa shape index (κ3) is 3.09. The minimum atomic E-state index is -3.85. The molecule has 8 nitrogen and oxygen atoms in total.